The number of nitrogens with zero attached hydrogens (tertiary/aromatic N) is 1. The first kappa shape index (κ1) is 14.2. The second-order valence-corrected chi connectivity index (χ2v) is 4.90. The van der Waals surface area contributed by atoms with Crippen molar-refractivity contribution in [1.29, 1.82) is 0 Å². The second-order valence-electron chi connectivity index (χ2n) is 4.90. The van der Waals surface area contributed by atoms with Crippen LogP contribution in [0.4, 0.5) is 8.78 Å². The molecule has 0 spiro atoms. The van der Waals surface area contributed by atoms with Crippen LogP contribution in [0, 0.1) is 25.5 Å². The van der Waals surface area contributed by atoms with Gasteiger partial charge in [-0.3, -0.25) is 4.79 Å². The Balaban J connectivity index is 2.42. The number of hydrogen-bond acceptors (Lipinski definition) is 3. The van der Waals surface area contributed by atoms with Crippen LogP contribution in [0.1, 0.15) is 11.5 Å². The van der Waals surface area contributed by atoms with E-state index in [1.54, 1.807) is 26.0 Å². The quantitative estimate of drug-likeness (QED) is 0.787. The third-order valence-electron chi connectivity index (χ3n) is 3.36. The van der Waals surface area contributed by atoms with Crippen molar-refractivity contribution in [2.45, 2.75) is 13.8 Å². The number of rotatable bonds is 2. The van der Waals surface area contributed by atoms with Gasteiger partial charge in [-0.15, -0.1) is 0 Å². The lowest BCUT2D eigenvalue weighted by atomic mass is 9.98. The molecule has 0 amide bonds. The second kappa shape index (κ2) is 5.22. The highest BCUT2D eigenvalue weighted by molar-refractivity contribution is 5.82. The van der Waals surface area contributed by atoms with E-state index < -0.39 is 22.8 Å². The van der Waals surface area contributed by atoms with Crippen LogP contribution in [0.2, 0.25) is 0 Å². The normalized spacial score (nSPS) is 10.9. The monoisotopic (exact) mass is 302 g/mol. The Hall–Kier alpha value is -2.76. The molecule has 0 aliphatic heterocycles. The highest BCUT2D eigenvalue weighted by Crippen LogP contribution is 2.34. The third kappa shape index (κ3) is 2.22. The standard InChI is InChI=1S/C16H12F2N2O2/c1-8-6-7-12(22-8)13-9(2)19-20-16(21)15(13)14-10(17)4-3-5-11(14)18/h3-7H,1-2H3,(H,20,21). The van der Waals surface area contributed by atoms with Gasteiger partial charge in [0.2, 0.25) is 0 Å². The number of halogens is 2. The molecule has 0 aliphatic rings. The maximum Gasteiger partial charge on any atom is 0.273 e. The molecule has 22 heavy (non-hydrogen) atoms. The Morgan fingerprint density at radius 1 is 1.00 bits per heavy atom. The zero-order chi connectivity index (χ0) is 15.9. The topological polar surface area (TPSA) is 58.9 Å². The van der Waals surface area contributed by atoms with Gasteiger partial charge in [0.15, 0.2) is 0 Å². The van der Waals surface area contributed by atoms with Crippen LogP contribution < -0.4 is 5.56 Å². The highest BCUT2D eigenvalue weighted by Gasteiger charge is 2.23. The van der Waals surface area contributed by atoms with E-state index in [0.717, 1.165) is 12.1 Å². The molecule has 3 rings (SSSR count). The number of benzene rings is 1. The van der Waals surface area contributed by atoms with E-state index in [2.05, 4.69) is 10.2 Å². The first-order valence-electron chi connectivity index (χ1n) is 6.59. The first-order valence-corrected chi connectivity index (χ1v) is 6.59. The maximum atomic E-state index is 14.1. The number of hydrogen-bond donors (Lipinski definition) is 1. The van der Waals surface area contributed by atoms with Gasteiger partial charge in [0.25, 0.3) is 5.56 Å². The largest absolute Gasteiger partial charge is 0.461 e. The van der Waals surface area contributed by atoms with Crippen molar-refractivity contribution in [3.8, 4) is 22.5 Å². The molecule has 0 saturated carbocycles. The lowest BCUT2D eigenvalue weighted by Gasteiger charge is -2.10. The Bertz CT molecular complexity index is 892. The van der Waals surface area contributed by atoms with Crippen molar-refractivity contribution in [3.63, 3.8) is 0 Å². The summed E-state index contributed by atoms with van der Waals surface area (Å²) < 4.78 is 33.7. The van der Waals surface area contributed by atoms with Crippen LogP contribution in [0.25, 0.3) is 22.5 Å². The van der Waals surface area contributed by atoms with Crippen molar-refractivity contribution in [1.82, 2.24) is 10.2 Å². The van der Waals surface area contributed by atoms with Crippen molar-refractivity contribution < 1.29 is 13.2 Å². The van der Waals surface area contributed by atoms with Crippen molar-refractivity contribution >= 4 is 0 Å². The zero-order valence-electron chi connectivity index (χ0n) is 11.9. The molecular weight excluding hydrogens is 290 g/mol. The SMILES string of the molecule is Cc1ccc(-c2c(C)n[nH]c(=O)c2-c2c(F)cccc2F)o1. The van der Waals surface area contributed by atoms with Crippen molar-refractivity contribution in [2.24, 2.45) is 0 Å². The number of aromatic amines is 1. The number of furan rings is 1. The molecule has 0 saturated heterocycles. The number of aromatic nitrogens is 2. The van der Waals surface area contributed by atoms with Gasteiger partial charge in [0.05, 0.1) is 22.4 Å². The van der Waals surface area contributed by atoms with Crippen molar-refractivity contribution in [3.05, 3.63) is 63.8 Å². The molecular formula is C16H12F2N2O2. The Morgan fingerprint density at radius 2 is 1.68 bits per heavy atom. The van der Waals surface area contributed by atoms with Gasteiger partial charge in [-0.05, 0) is 38.1 Å². The Kier molecular flexibility index (Phi) is 3.36. The highest BCUT2D eigenvalue weighted by atomic mass is 19.1. The molecule has 1 N–H and O–H groups in total. The minimum Gasteiger partial charge on any atom is -0.461 e. The number of nitrogens with one attached hydrogen (secondary N) is 1. The molecule has 2 heterocycles. The molecule has 3 aromatic rings. The summed E-state index contributed by atoms with van der Waals surface area (Å²) in [5.41, 5.74) is -0.512. The van der Waals surface area contributed by atoms with Gasteiger partial charge < -0.3 is 4.42 Å². The molecule has 0 radical (unpaired) electrons. The molecule has 2 aromatic heterocycles. The molecule has 0 fully saturated rings. The summed E-state index contributed by atoms with van der Waals surface area (Å²) in [6.45, 7) is 3.37. The lowest BCUT2D eigenvalue weighted by Crippen LogP contribution is -2.15. The van der Waals surface area contributed by atoms with Gasteiger partial charge in [0.1, 0.15) is 23.2 Å². The van der Waals surface area contributed by atoms with Crippen molar-refractivity contribution in [2.75, 3.05) is 0 Å². The van der Waals surface area contributed by atoms with Gasteiger partial charge in [0, 0.05) is 0 Å². The number of aryl methyl sites for hydroxylation is 2. The van der Waals surface area contributed by atoms with Crippen LogP contribution in [0.5, 0.6) is 0 Å². The summed E-state index contributed by atoms with van der Waals surface area (Å²) >= 11 is 0. The average molecular weight is 302 g/mol. The summed E-state index contributed by atoms with van der Waals surface area (Å²) in [7, 11) is 0. The Labute approximate surface area is 124 Å². The fourth-order valence-corrected chi connectivity index (χ4v) is 2.39. The molecule has 1 aromatic carbocycles. The van der Waals surface area contributed by atoms with Crippen LogP contribution in [0.15, 0.2) is 39.5 Å². The van der Waals surface area contributed by atoms with E-state index in [-0.39, 0.29) is 11.1 Å². The minimum absolute atomic E-state index is 0.127. The summed E-state index contributed by atoms with van der Waals surface area (Å²) in [6.07, 6.45) is 0. The van der Waals surface area contributed by atoms with Crippen LogP contribution in [0.3, 0.4) is 0 Å². The molecule has 0 unspecified atom stereocenters. The molecule has 0 aliphatic carbocycles. The van der Waals surface area contributed by atoms with E-state index in [1.807, 2.05) is 0 Å². The smallest absolute Gasteiger partial charge is 0.273 e. The zero-order valence-corrected chi connectivity index (χ0v) is 11.9. The summed E-state index contributed by atoms with van der Waals surface area (Å²) in [6, 6.07) is 6.79. The van der Waals surface area contributed by atoms with E-state index in [4.69, 9.17) is 4.42 Å². The third-order valence-corrected chi connectivity index (χ3v) is 3.36. The molecule has 6 heteroatoms. The maximum absolute atomic E-state index is 14.1. The minimum atomic E-state index is -0.819. The van der Waals surface area contributed by atoms with Crippen LogP contribution in [-0.2, 0) is 0 Å². The van der Waals surface area contributed by atoms with E-state index >= 15 is 0 Å². The van der Waals surface area contributed by atoms with Crippen LogP contribution >= 0.6 is 0 Å². The number of H-pyrrole nitrogens is 1. The summed E-state index contributed by atoms with van der Waals surface area (Å²) in [5, 5.41) is 6.12. The summed E-state index contributed by atoms with van der Waals surface area (Å²) in [5.74, 6) is -0.679. The molecule has 0 bridgehead atoms. The van der Waals surface area contributed by atoms with E-state index in [0.29, 0.717) is 17.2 Å². The fourth-order valence-electron chi connectivity index (χ4n) is 2.39. The average Bonchev–Trinajstić information content (AvgIpc) is 2.88. The molecule has 0 atom stereocenters. The first-order chi connectivity index (χ1) is 10.5. The molecule has 112 valence electrons. The van der Waals surface area contributed by atoms with E-state index in [1.165, 1.54) is 6.07 Å². The lowest BCUT2D eigenvalue weighted by molar-refractivity contribution is 0.547. The Morgan fingerprint density at radius 3 is 2.27 bits per heavy atom. The van der Waals surface area contributed by atoms with Crippen LogP contribution in [-0.4, -0.2) is 10.2 Å². The van der Waals surface area contributed by atoms with Gasteiger partial charge in [-0.1, -0.05) is 6.07 Å². The molecule has 4 nitrogen and oxygen atoms in total. The van der Waals surface area contributed by atoms with E-state index in [9.17, 15) is 13.6 Å². The predicted molar refractivity (Wildman–Crippen MR) is 77.4 cm³/mol. The summed E-state index contributed by atoms with van der Waals surface area (Å²) in [4.78, 5) is 12.2. The van der Waals surface area contributed by atoms with Gasteiger partial charge in [-0.25, -0.2) is 13.9 Å². The van der Waals surface area contributed by atoms with Gasteiger partial charge >= 0.3 is 0 Å². The fraction of sp³-hybridized carbons (Fsp3) is 0.125. The predicted octanol–water partition coefficient (Wildman–Crippen LogP) is 3.59. The van der Waals surface area contributed by atoms with Gasteiger partial charge in [-0.2, -0.15) is 5.10 Å².